The lowest BCUT2D eigenvalue weighted by molar-refractivity contribution is -0.160. The molecule has 0 aliphatic heterocycles. The highest BCUT2D eigenvalue weighted by atomic mass is 35.5. The molecule has 0 heterocycles. The topological polar surface area (TPSA) is 55.4 Å². The molecule has 4 nitrogen and oxygen atoms in total. The summed E-state index contributed by atoms with van der Waals surface area (Å²) in [5.74, 6) is 0. The quantitative estimate of drug-likeness (QED) is 0.851. The van der Waals surface area contributed by atoms with E-state index < -0.39 is 30.2 Å². The fraction of sp³-hybridized carbons (Fsp3) is 0.333. The van der Waals surface area contributed by atoms with E-state index in [9.17, 15) is 22.8 Å². The highest BCUT2D eigenvalue weighted by Gasteiger charge is 2.30. The van der Waals surface area contributed by atoms with Crippen molar-refractivity contribution in [1.29, 1.82) is 0 Å². The number of amides is 1. The Morgan fingerprint density at radius 2 is 1.85 bits per heavy atom. The number of hydrogen-bond acceptors (Lipinski definition) is 3. The van der Waals surface area contributed by atoms with E-state index in [0.717, 1.165) is 0 Å². The van der Waals surface area contributed by atoms with E-state index in [1.165, 1.54) is 0 Å². The van der Waals surface area contributed by atoms with Crippen LogP contribution in [0.25, 0.3) is 0 Å². The van der Waals surface area contributed by atoms with Gasteiger partial charge in [0, 0.05) is 6.42 Å². The highest BCUT2D eigenvalue weighted by molar-refractivity contribution is 6.64. The molecule has 1 N–H and O–H groups in total. The minimum Gasteiger partial charge on any atom is -0.440 e. The van der Waals surface area contributed by atoms with Crippen LogP contribution in [0.4, 0.5) is 18.0 Å². The second kappa shape index (κ2) is 7.14. The number of carbonyl (C=O) groups excluding carboxylic acids is 2. The minimum atomic E-state index is -4.63. The molecule has 0 saturated carbocycles. The minimum absolute atomic E-state index is 0.0598. The van der Waals surface area contributed by atoms with Gasteiger partial charge in [0.05, 0.1) is 0 Å². The molecule has 0 bridgehead atoms. The number of rotatable bonds is 5. The first-order chi connectivity index (χ1) is 9.28. The van der Waals surface area contributed by atoms with Gasteiger partial charge in [-0.05, 0) is 17.2 Å². The summed E-state index contributed by atoms with van der Waals surface area (Å²) in [7, 11) is 0. The normalized spacial score (nSPS) is 12.6. The Bertz CT molecular complexity index is 465. The van der Waals surface area contributed by atoms with E-state index in [-0.39, 0.29) is 6.42 Å². The summed E-state index contributed by atoms with van der Waals surface area (Å²) in [5.41, 5.74) is 0.697. The molecular formula is C12H11ClF3NO3. The third-order valence-corrected chi connectivity index (χ3v) is 2.48. The predicted molar refractivity (Wildman–Crippen MR) is 65.3 cm³/mol. The Labute approximate surface area is 117 Å². The number of alkyl carbamates (subject to hydrolysis) is 1. The van der Waals surface area contributed by atoms with Crippen molar-refractivity contribution in [3.63, 3.8) is 0 Å². The lowest BCUT2D eigenvalue weighted by Crippen LogP contribution is -2.41. The van der Waals surface area contributed by atoms with Crippen molar-refractivity contribution in [2.75, 3.05) is 6.61 Å². The Balaban J connectivity index is 2.55. The van der Waals surface area contributed by atoms with Crippen LogP contribution in [-0.2, 0) is 16.0 Å². The van der Waals surface area contributed by atoms with Gasteiger partial charge in [0.1, 0.15) is 6.04 Å². The summed E-state index contributed by atoms with van der Waals surface area (Å²) >= 11 is 5.30. The number of nitrogens with one attached hydrogen (secondary N) is 1. The second-order valence-corrected chi connectivity index (χ2v) is 4.25. The van der Waals surface area contributed by atoms with Gasteiger partial charge in [-0.2, -0.15) is 13.2 Å². The largest absolute Gasteiger partial charge is 0.440 e. The molecule has 20 heavy (non-hydrogen) atoms. The van der Waals surface area contributed by atoms with Crippen LogP contribution in [0.15, 0.2) is 30.3 Å². The van der Waals surface area contributed by atoms with Crippen molar-refractivity contribution in [3.05, 3.63) is 35.9 Å². The van der Waals surface area contributed by atoms with Gasteiger partial charge in [-0.1, -0.05) is 30.3 Å². The SMILES string of the molecule is O=C(NC(Cc1ccccc1)C(=O)Cl)OCC(F)(F)F. The van der Waals surface area contributed by atoms with Crippen LogP contribution in [0, 0.1) is 0 Å². The van der Waals surface area contributed by atoms with Gasteiger partial charge in [-0.25, -0.2) is 4.79 Å². The highest BCUT2D eigenvalue weighted by Crippen LogP contribution is 2.14. The van der Waals surface area contributed by atoms with Crippen LogP contribution in [-0.4, -0.2) is 30.2 Å². The predicted octanol–water partition coefficient (Wildman–Crippen LogP) is 2.65. The van der Waals surface area contributed by atoms with Gasteiger partial charge < -0.3 is 10.1 Å². The van der Waals surface area contributed by atoms with Crippen molar-refractivity contribution in [2.45, 2.75) is 18.6 Å². The molecule has 0 spiro atoms. The third-order valence-electron chi connectivity index (χ3n) is 2.22. The number of ether oxygens (including phenoxy) is 1. The number of hydrogen-bond donors (Lipinski definition) is 1. The Kier molecular flexibility index (Phi) is 5.82. The molecule has 0 fully saturated rings. The van der Waals surface area contributed by atoms with Crippen LogP contribution < -0.4 is 5.32 Å². The Hall–Kier alpha value is -1.76. The Morgan fingerprint density at radius 3 is 2.35 bits per heavy atom. The van der Waals surface area contributed by atoms with Gasteiger partial charge in [-0.3, -0.25) is 4.79 Å². The maximum absolute atomic E-state index is 11.9. The summed E-state index contributed by atoms with van der Waals surface area (Å²) in [4.78, 5) is 22.3. The average Bonchev–Trinajstić information content (AvgIpc) is 2.36. The first kappa shape index (κ1) is 16.3. The molecule has 0 aromatic heterocycles. The zero-order valence-corrected chi connectivity index (χ0v) is 10.9. The van der Waals surface area contributed by atoms with Crippen LogP contribution >= 0.6 is 11.6 Å². The fourth-order valence-corrected chi connectivity index (χ4v) is 1.50. The maximum Gasteiger partial charge on any atom is 0.422 e. The molecular weight excluding hydrogens is 299 g/mol. The molecule has 1 amide bonds. The summed E-state index contributed by atoms with van der Waals surface area (Å²) in [6, 6.07) is 7.41. The van der Waals surface area contributed by atoms with Crippen molar-refractivity contribution in [3.8, 4) is 0 Å². The zero-order valence-electron chi connectivity index (χ0n) is 10.1. The summed E-state index contributed by atoms with van der Waals surface area (Å²) in [5, 5.41) is 1.10. The molecule has 0 aliphatic rings. The molecule has 8 heteroatoms. The van der Waals surface area contributed by atoms with E-state index >= 15 is 0 Å². The first-order valence-electron chi connectivity index (χ1n) is 5.51. The van der Waals surface area contributed by atoms with E-state index in [4.69, 9.17) is 11.6 Å². The lowest BCUT2D eigenvalue weighted by Gasteiger charge is -2.15. The van der Waals surface area contributed by atoms with Gasteiger partial charge in [0.25, 0.3) is 0 Å². The lowest BCUT2D eigenvalue weighted by atomic mass is 10.1. The van der Waals surface area contributed by atoms with Crippen molar-refractivity contribution >= 4 is 22.9 Å². The van der Waals surface area contributed by atoms with Crippen molar-refractivity contribution in [1.82, 2.24) is 5.32 Å². The fourth-order valence-electron chi connectivity index (χ4n) is 1.37. The molecule has 1 aromatic rings. The number of carbonyl (C=O) groups is 2. The molecule has 0 saturated heterocycles. The zero-order chi connectivity index (χ0) is 15.2. The van der Waals surface area contributed by atoms with Gasteiger partial charge in [-0.15, -0.1) is 0 Å². The number of halogens is 4. The van der Waals surface area contributed by atoms with Crippen LogP contribution in [0.3, 0.4) is 0 Å². The monoisotopic (exact) mass is 309 g/mol. The van der Waals surface area contributed by atoms with Gasteiger partial charge >= 0.3 is 12.3 Å². The first-order valence-corrected chi connectivity index (χ1v) is 5.89. The molecule has 0 radical (unpaired) electrons. The van der Waals surface area contributed by atoms with Gasteiger partial charge in [0.2, 0.25) is 5.24 Å². The second-order valence-electron chi connectivity index (χ2n) is 3.88. The smallest absolute Gasteiger partial charge is 0.422 e. The van der Waals surface area contributed by atoms with Crippen molar-refractivity contribution < 1.29 is 27.5 Å². The van der Waals surface area contributed by atoms with Crippen molar-refractivity contribution in [2.24, 2.45) is 0 Å². The summed E-state index contributed by atoms with van der Waals surface area (Å²) in [6.07, 6.45) is -5.92. The van der Waals surface area contributed by atoms with Crippen LogP contribution in [0.2, 0.25) is 0 Å². The van der Waals surface area contributed by atoms with Crippen LogP contribution in [0.1, 0.15) is 5.56 Å². The van der Waals surface area contributed by atoms with E-state index in [1.54, 1.807) is 30.3 Å². The maximum atomic E-state index is 11.9. The average molecular weight is 310 g/mol. The van der Waals surface area contributed by atoms with Gasteiger partial charge in [0.15, 0.2) is 6.61 Å². The third kappa shape index (κ3) is 6.42. The summed E-state index contributed by atoms with van der Waals surface area (Å²) < 4.78 is 39.5. The molecule has 1 rings (SSSR count). The summed E-state index contributed by atoms with van der Waals surface area (Å²) in [6.45, 7) is -1.73. The Morgan fingerprint density at radius 1 is 1.25 bits per heavy atom. The molecule has 1 atom stereocenters. The van der Waals surface area contributed by atoms with E-state index in [1.807, 2.05) is 5.32 Å². The molecule has 110 valence electrons. The van der Waals surface area contributed by atoms with E-state index in [0.29, 0.717) is 5.56 Å². The molecule has 1 aromatic carbocycles. The molecule has 1 unspecified atom stereocenters. The van der Waals surface area contributed by atoms with Crippen LogP contribution in [0.5, 0.6) is 0 Å². The number of alkyl halides is 3. The molecule has 0 aliphatic carbocycles. The number of benzene rings is 1. The van der Waals surface area contributed by atoms with E-state index in [2.05, 4.69) is 4.74 Å². The standard InChI is InChI=1S/C12H11ClF3NO3/c13-10(18)9(6-8-4-2-1-3-5-8)17-11(19)20-7-12(14,15)16/h1-5,9H,6-7H2,(H,17,19).